The predicted octanol–water partition coefficient (Wildman–Crippen LogP) is 3.79. The van der Waals surface area contributed by atoms with Crippen LogP contribution in [-0.4, -0.2) is 35.1 Å². The van der Waals surface area contributed by atoms with Crippen molar-refractivity contribution in [2.24, 2.45) is 0 Å². The molecule has 0 aliphatic heterocycles. The van der Waals surface area contributed by atoms with E-state index in [4.69, 9.17) is 0 Å². The largest absolute Gasteiger partial charge is 0.345 e. The molecule has 0 bridgehead atoms. The number of halogens is 2. The quantitative estimate of drug-likeness (QED) is 0.729. The second-order valence-corrected chi connectivity index (χ2v) is 5.67. The number of amides is 1. The van der Waals surface area contributed by atoms with Crippen LogP contribution in [0.1, 0.15) is 10.4 Å². The number of rotatable bonds is 3. The lowest BCUT2D eigenvalue weighted by Gasteiger charge is -2.17. The summed E-state index contributed by atoms with van der Waals surface area (Å²) in [4.78, 5) is 14.2. The number of carbonyl (C=O) groups is 1. The zero-order valence-corrected chi connectivity index (χ0v) is 13.7. The lowest BCUT2D eigenvalue weighted by molar-refractivity contribution is 0.0828. The SMILES string of the molecule is CN(C)C(=O)c1c(-c2ccccc2)cnnc1-c1ccc(F)cc1F. The van der Waals surface area contributed by atoms with E-state index in [0.717, 1.165) is 17.7 Å². The first-order chi connectivity index (χ1) is 12.0. The maximum Gasteiger partial charge on any atom is 0.256 e. The molecule has 0 unspecified atom stereocenters. The summed E-state index contributed by atoms with van der Waals surface area (Å²) in [5.74, 6) is -1.84. The van der Waals surface area contributed by atoms with Crippen LogP contribution >= 0.6 is 0 Å². The van der Waals surface area contributed by atoms with Gasteiger partial charge in [-0.1, -0.05) is 30.3 Å². The van der Waals surface area contributed by atoms with Gasteiger partial charge >= 0.3 is 0 Å². The number of nitrogens with zero attached hydrogens (tertiary/aromatic N) is 3. The molecule has 0 saturated carbocycles. The third-order valence-corrected chi connectivity index (χ3v) is 3.74. The summed E-state index contributed by atoms with van der Waals surface area (Å²) < 4.78 is 27.5. The highest BCUT2D eigenvalue weighted by Gasteiger charge is 2.24. The Labute approximate surface area is 143 Å². The Hall–Kier alpha value is -3.15. The molecule has 0 aliphatic carbocycles. The van der Waals surface area contributed by atoms with Gasteiger partial charge in [0.15, 0.2) is 0 Å². The third-order valence-electron chi connectivity index (χ3n) is 3.74. The summed E-state index contributed by atoms with van der Waals surface area (Å²) in [6, 6.07) is 12.3. The van der Waals surface area contributed by atoms with Crippen LogP contribution in [0.4, 0.5) is 8.78 Å². The number of benzene rings is 2. The topological polar surface area (TPSA) is 46.1 Å². The molecule has 0 radical (unpaired) electrons. The van der Waals surface area contributed by atoms with Crippen LogP contribution in [0.15, 0.2) is 54.7 Å². The summed E-state index contributed by atoms with van der Waals surface area (Å²) in [5, 5.41) is 7.89. The Morgan fingerprint density at radius 2 is 1.72 bits per heavy atom. The van der Waals surface area contributed by atoms with Crippen LogP contribution in [0.2, 0.25) is 0 Å². The highest BCUT2D eigenvalue weighted by atomic mass is 19.1. The first-order valence-corrected chi connectivity index (χ1v) is 7.57. The average Bonchev–Trinajstić information content (AvgIpc) is 2.61. The Bertz CT molecular complexity index is 927. The van der Waals surface area contributed by atoms with Crippen molar-refractivity contribution in [1.29, 1.82) is 0 Å². The Morgan fingerprint density at radius 3 is 2.36 bits per heavy atom. The van der Waals surface area contributed by atoms with Crippen molar-refractivity contribution in [2.75, 3.05) is 14.1 Å². The molecule has 4 nitrogen and oxygen atoms in total. The summed E-state index contributed by atoms with van der Waals surface area (Å²) in [5.41, 5.74) is 1.62. The minimum Gasteiger partial charge on any atom is -0.345 e. The first kappa shape index (κ1) is 16.7. The third kappa shape index (κ3) is 3.24. The van der Waals surface area contributed by atoms with E-state index in [1.165, 1.54) is 17.2 Å². The molecule has 1 aromatic heterocycles. The Morgan fingerprint density at radius 1 is 1.00 bits per heavy atom. The van der Waals surface area contributed by atoms with Gasteiger partial charge in [-0.25, -0.2) is 8.78 Å². The van der Waals surface area contributed by atoms with E-state index in [1.807, 2.05) is 30.3 Å². The molecular formula is C19H15F2N3O. The molecule has 2 aromatic carbocycles. The van der Waals surface area contributed by atoms with Gasteiger partial charge in [0.2, 0.25) is 0 Å². The maximum atomic E-state index is 14.3. The molecule has 3 rings (SSSR count). The lowest BCUT2D eigenvalue weighted by atomic mass is 9.96. The van der Waals surface area contributed by atoms with Crippen molar-refractivity contribution in [3.05, 3.63) is 71.9 Å². The molecule has 6 heteroatoms. The predicted molar refractivity (Wildman–Crippen MR) is 90.8 cm³/mol. The molecule has 0 aliphatic rings. The number of aromatic nitrogens is 2. The van der Waals surface area contributed by atoms with Gasteiger partial charge in [0, 0.05) is 31.3 Å². The van der Waals surface area contributed by atoms with Gasteiger partial charge in [0.05, 0.1) is 11.8 Å². The molecule has 1 heterocycles. The average molecular weight is 339 g/mol. The normalized spacial score (nSPS) is 10.6. The Balaban J connectivity index is 2.31. The number of carbonyl (C=O) groups excluding carboxylic acids is 1. The summed E-state index contributed by atoms with van der Waals surface area (Å²) >= 11 is 0. The van der Waals surface area contributed by atoms with Crippen molar-refractivity contribution in [2.45, 2.75) is 0 Å². The van der Waals surface area contributed by atoms with Gasteiger partial charge in [0.1, 0.15) is 17.3 Å². The Kier molecular flexibility index (Phi) is 4.52. The highest BCUT2D eigenvalue weighted by Crippen LogP contribution is 2.32. The van der Waals surface area contributed by atoms with E-state index in [2.05, 4.69) is 10.2 Å². The van der Waals surface area contributed by atoms with Gasteiger partial charge in [-0.3, -0.25) is 4.79 Å². The smallest absolute Gasteiger partial charge is 0.256 e. The van der Waals surface area contributed by atoms with Crippen LogP contribution in [-0.2, 0) is 0 Å². The molecule has 0 spiro atoms. The minimum absolute atomic E-state index is 0.0249. The maximum absolute atomic E-state index is 14.3. The molecule has 3 aromatic rings. The zero-order chi connectivity index (χ0) is 18.0. The van der Waals surface area contributed by atoms with Crippen molar-refractivity contribution in [3.8, 4) is 22.4 Å². The standard InChI is InChI=1S/C19H15F2N3O/c1-24(2)19(25)17-15(12-6-4-3-5-7-12)11-22-23-18(17)14-9-8-13(20)10-16(14)21/h3-11H,1-2H3. The molecule has 0 saturated heterocycles. The van der Waals surface area contributed by atoms with Crippen molar-refractivity contribution in [3.63, 3.8) is 0 Å². The van der Waals surface area contributed by atoms with Gasteiger partial charge < -0.3 is 4.90 Å². The molecule has 25 heavy (non-hydrogen) atoms. The second-order valence-electron chi connectivity index (χ2n) is 5.67. The molecule has 126 valence electrons. The second kappa shape index (κ2) is 6.76. The molecule has 0 fully saturated rings. The fraction of sp³-hybridized carbons (Fsp3) is 0.105. The summed E-state index contributed by atoms with van der Waals surface area (Å²) in [6.45, 7) is 0. The van der Waals surface area contributed by atoms with E-state index in [0.29, 0.717) is 5.56 Å². The van der Waals surface area contributed by atoms with Crippen LogP contribution in [0.25, 0.3) is 22.4 Å². The first-order valence-electron chi connectivity index (χ1n) is 7.57. The highest BCUT2D eigenvalue weighted by molar-refractivity contribution is 6.05. The molecule has 1 amide bonds. The van der Waals surface area contributed by atoms with Crippen molar-refractivity contribution >= 4 is 5.91 Å². The van der Waals surface area contributed by atoms with Gasteiger partial charge in [-0.15, -0.1) is 5.10 Å². The van der Waals surface area contributed by atoms with Crippen LogP contribution in [0.3, 0.4) is 0 Å². The van der Waals surface area contributed by atoms with E-state index in [1.54, 1.807) is 14.1 Å². The van der Waals surface area contributed by atoms with Gasteiger partial charge in [0.25, 0.3) is 5.91 Å². The van der Waals surface area contributed by atoms with Crippen LogP contribution < -0.4 is 0 Å². The van der Waals surface area contributed by atoms with Gasteiger partial charge in [-0.2, -0.15) is 5.10 Å². The monoisotopic (exact) mass is 339 g/mol. The van der Waals surface area contributed by atoms with Crippen molar-refractivity contribution in [1.82, 2.24) is 15.1 Å². The number of hydrogen-bond acceptors (Lipinski definition) is 3. The number of hydrogen-bond donors (Lipinski definition) is 0. The fourth-order valence-corrected chi connectivity index (χ4v) is 2.53. The van der Waals surface area contributed by atoms with E-state index in [9.17, 15) is 13.6 Å². The van der Waals surface area contributed by atoms with Crippen LogP contribution in [0.5, 0.6) is 0 Å². The zero-order valence-electron chi connectivity index (χ0n) is 13.7. The van der Waals surface area contributed by atoms with Crippen LogP contribution in [0, 0.1) is 11.6 Å². The molecule has 0 N–H and O–H groups in total. The molecular weight excluding hydrogens is 324 g/mol. The molecule has 0 atom stereocenters. The summed E-state index contributed by atoms with van der Waals surface area (Å²) in [7, 11) is 3.20. The minimum atomic E-state index is -0.799. The van der Waals surface area contributed by atoms with E-state index < -0.39 is 11.6 Å². The lowest BCUT2D eigenvalue weighted by Crippen LogP contribution is -2.24. The van der Waals surface area contributed by atoms with Crippen molar-refractivity contribution < 1.29 is 13.6 Å². The van der Waals surface area contributed by atoms with Gasteiger partial charge in [-0.05, 0) is 17.7 Å². The van der Waals surface area contributed by atoms with E-state index >= 15 is 0 Å². The fourth-order valence-electron chi connectivity index (χ4n) is 2.53. The van der Waals surface area contributed by atoms with E-state index in [-0.39, 0.29) is 22.7 Å². The summed E-state index contributed by atoms with van der Waals surface area (Å²) in [6.07, 6.45) is 1.47.